The van der Waals surface area contributed by atoms with Crippen LogP contribution in [-0.2, 0) is 11.2 Å². The lowest BCUT2D eigenvalue weighted by molar-refractivity contribution is -0.136. The van der Waals surface area contributed by atoms with Gasteiger partial charge >= 0.3 is 12.0 Å². The molecule has 0 saturated carbocycles. The fraction of sp³-hybridized carbons (Fsp3) is 0.615. The number of urea groups is 1. The molecule has 2 rings (SSSR count). The van der Waals surface area contributed by atoms with Gasteiger partial charge in [0.1, 0.15) is 0 Å². The Morgan fingerprint density at radius 3 is 2.67 bits per heavy atom. The average Bonchev–Trinajstić information content (AvgIpc) is 2.96. The van der Waals surface area contributed by atoms with Crippen molar-refractivity contribution < 1.29 is 14.7 Å². The zero-order valence-corrected chi connectivity index (χ0v) is 12.9. The van der Waals surface area contributed by atoms with E-state index in [4.69, 9.17) is 5.11 Å². The van der Waals surface area contributed by atoms with Crippen LogP contribution in [0.15, 0.2) is 6.20 Å². The number of rotatable bonds is 5. The molecule has 0 spiro atoms. The molecule has 116 valence electrons. The Labute approximate surface area is 127 Å². The second-order valence-electron chi connectivity index (χ2n) is 4.81. The summed E-state index contributed by atoms with van der Waals surface area (Å²) in [6.07, 6.45) is 2.85. The molecular formula is C13H20N4O3S. The van der Waals surface area contributed by atoms with Gasteiger partial charge in [-0.05, 0) is 6.42 Å². The molecule has 1 saturated heterocycles. The van der Waals surface area contributed by atoms with Crippen molar-refractivity contribution in [1.29, 1.82) is 0 Å². The molecule has 2 N–H and O–H groups in total. The predicted molar refractivity (Wildman–Crippen MR) is 80.9 cm³/mol. The highest BCUT2D eigenvalue weighted by molar-refractivity contribution is 7.15. The highest BCUT2D eigenvalue weighted by Gasteiger charge is 2.22. The van der Waals surface area contributed by atoms with E-state index in [9.17, 15) is 9.59 Å². The van der Waals surface area contributed by atoms with Crippen molar-refractivity contribution in [2.75, 3.05) is 37.6 Å². The maximum absolute atomic E-state index is 11.9. The monoisotopic (exact) mass is 312 g/mol. The van der Waals surface area contributed by atoms with Gasteiger partial charge in [0.25, 0.3) is 0 Å². The molecule has 0 aliphatic carbocycles. The molecule has 1 aromatic rings. The summed E-state index contributed by atoms with van der Waals surface area (Å²) in [5, 5.41) is 12.2. The van der Waals surface area contributed by atoms with Crippen LogP contribution in [0.3, 0.4) is 0 Å². The summed E-state index contributed by atoms with van der Waals surface area (Å²) in [5.74, 6) is -0.907. The number of aromatic nitrogens is 1. The van der Waals surface area contributed by atoms with E-state index in [0.717, 1.165) is 24.6 Å². The number of hydrogen-bond acceptors (Lipinski definition) is 5. The number of nitrogens with zero attached hydrogens (tertiary/aromatic N) is 3. The number of carboxylic acids is 1. The summed E-state index contributed by atoms with van der Waals surface area (Å²) in [6.45, 7) is 5.03. The zero-order chi connectivity index (χ0) is 15.2. The topological polar surface area (TPSA) is 85.8 Å². The number of piperazine rings is 1. The summed E-state index contributed by atoms with van der Waals surface area (Å²) in [7, 11) is 0. The zero-order valence-electron chi connectivity index (χ0n) is 12.0. The second kappa shape index (κ2) is 7.26. The molecule has 1 aliphatic rings. The molecule has 2 heterocycles. The minimum atomic E-state index is -0.907. The Balaban J connectivity index is 1.77. The molecule has 1 aliphatic heterocycles. The Kier molecular flexibility index (Phi) is 5.38. The molecule has 1 fully saturated rings. The number of anilines is 1. The third-order valence-corrected chi connectivity index (χ3v) is 4.54. The quantitative estimate of drug-likeness (QED) is 0.847. The normalized spacial score (nSPS) is 15.1. The minimum Gasteiger partial charge on any atom is -0.481 e. The lowest BCUT2D eigenvalue weighted by atomic mass is 10.3. The maximum Gasteiger partial charge on any atom is 0.317 e. The van der Waals surface area contributed by atoms with Crippen LogP contribution in [0.2, 0.25) is 0 Å². The SMILES string of the molecule is CCc1cnc(N2CCN(C(=O)NCCC(=O)O)CC2)s1. The number of carbonyl (C=O) groups excluding carboxylic acids is 1. The number of carboxylic acid groups (broad SMARTS) is 1. The van der Waals surface area contributed by atoms with Crippen LogP contribution in [0.1, 0.15) is 18.2 Å². The van der Waals surface area contributed by atoms with Crippen LogP contribution < -0.4 is 10.2 Å². The van der Waals surface area contributed by atoms with Gasteiger partial charge in [0, 0.05) is 43.8 Å². The van der Waals surface area contributed by atoms with Crippen LogP contribution in [0.5, 0.6) is 0 Å². The fourth-order valence-electron chi connectivity index (χ4n) is 2.10. The van der Waals surface area contributed by atoms with E-state index in [1.807, 2.05) is 6.20 Å². The number of carbonyl (C=O) groups is 2. The van der Waals surface area contributed by atoms with Crippen molar-refractivity contribution in [3.63, 3.8) is 0 Å². The number of amides is 2. The molecule has 0 aromatic carbocycles. The first kappa shape index (κ1) is 15.6. The van der Waals surface area contributed by atoms with E-state index >= 15 is 0 Å². The summed E-state index contributed by atoms with van der Waals surface area (Å²) in [4.78, 5) is 31.8. The lowest BCUT2D eigenvalue weighted by Crippen LogP contribution is -2.52. The first-order chi connectivity index (χ1) is 10.1. The standard InChI is InChI=1S/C13H20N4O3S/c1-2-10-9-15-13(21-10)17-7-5-16(6-8-17)12(20)14-4-3-11(18)19/h9H,2-8H2,1H3,(H,14,20)(H,18,19). The first-order valence-electron chi connectivity index (χ1n) is 7.04. The van der Waals surface area contributed by atoms with Crippen LogP contribution >= 0.6 is 11.3 Å². The van der Waals surface area contributed by atoms with Gasteiger partial charge in [-0.1, -0.05) is 6.92 Å². The molecule has 7 nitrogen and oxygen atoms in total. The Morgan fingerprint density at radius 2 is 2.10 bits per heavy atom. The third kappa shape index (κ3) is 4.32. The number of nitrogens with one attached hydrogen (secondary N) is 1. The predicted octanol–water partition coefficient (Wildman–Crippen LogP) is 1.01. The van der Waals surface area contributed by atoms with Crippen molar-refractivity contribution >= 4 is 28.5 Å². The van der Waals surface area contributed by atoms with Gasteiger partial charge in [-0.25, -0.2) is 9.78 Å². The lowest BCUT2D eigenvalue weighted by Gasteiger charge is -2.34. The number of aliphatic carboxylic acids is 1. The first-order valence-corrected chi connectivity index (χ1v) is 7.86. The Hall–Kier alpha value is -1.83. The van der Waals surface area contributed by atoms with Crippen molar-refractivity contribution in [2.45, 2.75) is 19.8 Å². The van der Waals surface area contributed by atoms with Crippen molar-refractivity contribution in [3.8, 4) is 0 Å². The van der Waals surface area contributed by atoms with Crippen LogP contribution in [0, 0.1) is 0 Å². The van der Waals surface area contributed by atoms with Gasteiger partial charge in [0.2, 0.25) is 0 Å². The Morgan fingerprint density at radius 1 is 1.38 bits per heavy atom. The summed E-state index contributed by atoms with van der Waals surface area (Å²) in [6, 6.07) is -0.190. The van der Waals surface area contributed by atoms with Crippen LogP contribution in [-0.4, -0.2) is 59.7 Å². The van der Waals surface area contributed by atoms with E-state index in [1.54, 1.807) is 16.2 Å². The van der Waals surface area contributed by atoms with E-state index in [-0.39, 0.29) is 19.0 Å². The van der Waals surface area contributed by atoms with E-state index in [1.165, 1.54) is 4.88 Å². The molecule has 2 amide bonds. The van der Waals surface area contributed by atoms with Crippen LogP contribution in [0.4, 0.5) is 9.93 Å². The average molecular weight is 312 g/mol. The van der Waals surface area contributed by atoms with Crippen molar-refractivity contribution in [2.24, 2.45) is 0 Å². The molecule has 0 atom stereocenters. The van der Waals surface area contributed by atoms with Gasteiger partial charge in [-0.3, -0.25) is 4.79 Å². The summed E-state index contributed by atoms with van der Waals surface area (Å²) < 4.78 is 0. The largest absolute Gasteiger partial charge is 0.481 e. The highest BCUT2D eigenvalue weighted by atomic mass is 32.1. The summed E-state index contributed by atoms with van der Waals surface area (Å²) in [5.41, 5.74) is 0. The number of thiazole rings is 1. The minimum absolute atomic E-state index is 0.0510. The Bertz CT molecular complexity index is 497. The molecule has 0 unspecified atom stereocenters. The number of aryl methyl sites for hydroxylation is 1. The van der Waals surface area contributed by atoms with E-state index in [2.05, 4.69) is 22.1 Å². The molecule has 21 heavy (non-hydrogen) atoms. The molecule has 1 aromatic heterocycles. The van der Waals surface area contributed by atoms with Gasteiger partial charge in [-0.2, -0.15) is 0 Å². The van der Waals surface area contributed by atoms with E-state index in [0.29, 0.717) is 13.1 Å². The molecule has 0 bridgehead atoms. The van der Waals surface area contributed by atoms with Crippen molar-refractivity contribution in [3.05, 3.63) is 11.1 Å². The van der Waals surface area contributed by atoms with E-state index < -0.39 is 5.97 Å². The summed E-state index contributed by atoms with van der Waals surface area (Å²) >= 11 is 1.70. The molecule has 8 heteroatoms. The third-order valence-electron chi connectivity index (χ3n) is 3.34. The van der Waals surface area contributed by atoms with Gasteiger partial charge in [0.15, 0.2) is 5.13 Å². The van der Waals surface area contributed by atoms with Gasteiger partial charge < -0.3 is 20.2 Å². The second-order valence-corrected chi connectivity index (χ2v) is 5.91. The fourth-order valence-corrected chi connectivity index (χ4v) is 3.00. The number of hydrogen-bond donors (Lipinski definition) is 2. The highest BCUT2D eigenvalue weighted by Crippen LogP contribution is 2.23. The van der Waals surface area contributed by atoms with Gasteiger partial charge in [0.05, 0.1) is 6.42 Å². The molecular weight excluding hydrogens is 292 g/mol. The van der Waals surface area contributed by atoms with Crippen LogP contribution in [0.25, 0.3) is 0 Å². The van der Waals surface area contributed by atoms with Gasteiger partial charge in [-0.15, -0.1) is 11.3 Å². The smallest absolute Gasteiger partial charge is 0.317 e. The molecule has 0 radical (unpaired) electrons. The van der Waals surface area contributed by atoms with Crippen molar-refractivity contribution in [1.82, 2.24) is 15.2 Å². The maximum atomic E-state index is 11.9.